The Balaban J connectivity index is 4.28. The van der Waals surface area contributed by atoms with Crippen molar-refractivity contribution in [2.75, 3.05) is 13.2 Å². The molecule has 0 saturated heterocycles. The largest absolute Gasteiger partial charge is 0.462 e. The third-order valence-electron chi connectivity index (χ3n) is 12.9. The van der Waals surface area contributed by atoms with Crippen molar-refractivity contribution < 1.29 is 28.6 Å². The SMILES string of the molecule is CC/C=C\C/C=C\C/C=C\C/C=C\C/C=C\C/C=C\C/C=C\C/C=C\CCCCCCCCC(=O)OCC(COC(=O)CCCCCCC/C=C\CCC)OC(=O)CCCCCCC/C=C\CCCCCCCCC. The quantitative estimate of drug-likeness (QED) is 0.0261. The second-order valence-corrected chi connectivity index (χ2v) is 20.2. The van der Waals surface area contributed by atoms with Crippen LogP contribution in [0.3, 0.4) is 0 Å². The molecule has 0 aliphatic carbocycles. The van der Waals surface area contributed by atoms with Crippen LogP contribution in [-0.4, -0.2) is 37.2 Å². The average molecular weight is 1040 g/mol. The number of carbonyl (C=O) groups is 3. The number of rotatable bonds is 55. The van der Waals surface area contributed by atoms with Gasteiger partial charge >= 0.3 is 17.9 Å². The van der Waals surface area contributed by atoms with Crippen molar-refractivity contribution in [3.05, 3.63) is 122 Å². The maximum absolute atomic E-state index is 12.8. The molecular weight excluding hydrogens is 925 g/mol. The zero-order valence-corrected chi connectivity index (χ0v) is 48.8. The number of esters is 3. The van der Waals surface area contributed by atoms with Gasteiger partial charge in [0, 0.05) is 19.3 Å². The van der Waals surface area contributed by atoms with Gasteiger partial charge in [0.25, 0.3) is 0 Å². The number of hydrogen-bond acceptors (Lipinski definition) is 6. The van der Waals surface area contributed by atoms with E-state index in [0.29, 0.717) is 19.3 Å². The van der Waals surface area contributed by atoms with E-state index in [1.54, 1.807) is 0 Å². The highest BCUT2D eigenvalue weighted by Gasteiger charge is 2.19. The topological polar surface area (TPSA) is 78.9 Å². The standard InChI is InChI=1S/C69H114O6/c1-4-7-10-13-16-19-22-24-26-28-29-30-31-32-33-34-35-36-37-38-39-40-41-42-44-45-47-50-53-56-59-62-68(71)74-65-66(64-73-67(70)61-58-55-52-49-21-18-15-12-9-6-3)75-69(72)63-60-57-54-51-48-46-43-27-25-23-20-17-14-11-8-5-2/h7,10,12,15-16,19,24,26-27,29-30,32-33,35-36,38-39,41-43,66H,4-6,8-9,11,13-14,17-18,20-23,25,28,31,34,37,40,44-65H2,1-3H3/b10-7-,15-12-,19-16-,26-24-,30-29-,33-32-,36-35-,39-38-,42-41-,43-27-. The lowest BCUT2D eigenvalue weighted by molar-refractivity contribution is -0.167. The zero-order chi connectivity index (χ0) is 54.3. The molecule has 0 radical (unpaired) electrons. The summed E-state index contributed by atoms with van der Waals surface area (Å²) in [6.07, 6.45) is 86.4. The summed E-state index contributed by atoms with van der Waals surface area (Å²) < 4.78 is 16.8. The Kier molecular flexibility index (Phi) is 58.9. The van der Waals surface area contributed by atoms with E-state index in [4.69, 9.17) is 14.2 Å². The van der Waals surface area contributed by atoms with Crippen LogP contribution >= 0.6 is 0 Å². The summed E-state index contributed by atoms with van der Waals surface area (Å²) in [4.78, 5) is 38.1. The number of allylic oxidation sites excluding steroid dienone is 20. The van der Waals surface area contributed by atoms with Gasteiger partial charge in [-0.2, -0.15) is 0 Å². The first-order chi connectivity index (χ1) is 37.0. The summed E-state index contributed by atoms with van der Waals surface area (Å²) in [5, 5.41) is 0. The van der Waals surface area contributed by atoms with E-state index in [-0.39, 0.29) is 31.1 Å². The minimum atomic E-state index is -0.794. The summed E-state index contributed by atoms with van der Waals surface area (Å²) in [5.74, 6) is -0.925. The van der Waals surface area contributed by atoms with Crippen molar-refractivity contribution >= 4 is 17.9 Å². The summed E-state index contributed by atoms with van der Waals surface area (Å²) in [5.41, 5.74) is 0. The van der Waals surface area contributed by atoms with E-state index in [2.05, 4.69) is 142 Å². The highest BCUT2D eigenvalue weighted by atomic mass is 16.6. The Labute approximate surface area is 462 Å². The Hall–Kier alpha value is -4.19. The van der Waals surface area contributed by atoms with E-state index in [1.807, 2.05) is 0 Å². The van der Waals surface area contributed by atoms with Crippen LogP contribution in [0.5, 0.6) is 0 Å². The van der Waals surface area contributed by atoms with E-state index in [9.17, 15) is 14.4 Å². The van der Waals surface area contributed by atoms with E-state index in [0.717, 1.165) is 154 Å². The molecule has 0 amide bonds. The smallest absolute Gasteiger partial charge is 0.306 e. The molecule has 0 fully saturated rings. The van der Waals surface area contributed by atoms with E-state index < -0.39 is 6.10 Å². The lowest BCUT2D eigenvalue weighted by atomic mass is 10.1. The van der Waals surface area contributed by atoms with Gasteiger partial charge in [0.15, 0.2) is 6.10 Å². The highest BCUT2D eigenvalue weighted by molar-refractivity contribution is 5.71. The average Bonchev–Trinajstić information content (AvgIpc) is 3.41. The molecule has 0 spiro atoms. The molecule has 0 aromatic rings. The molecule has 0 heterocycles. The number of ether oxygens (including phenoxy) is 3. The molecule has 0 N–H and O–H groups in total. The van der Waals surface area contributed by atoms with Gasteiger partial charge in [-0.3, -0.25) is 14.4 Å². The molecule has 0 aromatic heterocycles. The first kappa shape index (κ1) is 70.8. The second kappa shape index (κ2) is 62.4. The van der Waals surface area contributed by atoms with Gasteiger partial charge < -0.3 is 14.2 Å². The Morgan fingerprint density at radius 2 is 0.547 bits per heavy atom. The minimum Gasteiger partial charge on any atom is -0.462 e. The Morgan fingerprint density at radius 1 is 0.280 bits per heavy atom. The molecule has 6 nitrogen and oxygen atoms in total. The summed E-state index contributed by atoms with van der Waals surface area (Å²) in [7, 11) is 0. The second-order valence-electron chi connectivity index (χ2n) is 20.2. The van der Waals surface area contributed by atoms with Gasteiger partial charge in [-0.1, -0.05) is 251 Å². The zero-order valence-electron chi connectivity index (χ0n) is 48.8. The maximum Gasteiger partial charge on any atom is 0.306 e. The van der Waals surface area contributed by atoms with Crippen molar-refractivity contribution in [2.45, 2.75) is 284 Å². The van der Waals surface area contributed by atoms with Crippen LogP contribution in [0.25, 0.3) is 0 Å². The minimum absolute atomic E-state index is 0.0919. The lowest BCUT2D eigenvalue weighted by Gasteiger charge is -2.18. The molecule has 1 atom stereocenters. The van der Waals surface area contributed by atoms with Crippen LogP contribution in [0.15, 0.2) is 122 Å². The number of unbranched alkanes of at least 4 members (excludes halogenated alkanes) is 24. The first-order valence-electron chi connectivity index (χ1n) is 31.0. The third-order valence-corrected chi connectivity index (χ3v) is 12.9. The fourth-order valence-electron chi connectivity index (χ4n) is 8.28. The van der Waals surface area contributed by atoms with Gasteiger partial charge in [-0.25, -0.2) is 0 Å². The molecule has 0 aromatic carbocycles. The van der Waals surface area contributed by atoms with Gasteiger partial charge in [0.05, 0.1) is 0 Å². The van der Waals surface area contributed by atoms with Crippen LogP contribution in [0.4, 0.5) is 0 Å². The molecule has 75 heavy (non-hydrogen) atoms. The normalized spacial score (nSPS) is 12.9. The van der Waals surface area contributed by atoms with Crippen LogP contribution in [0.2, 0.25) is 0 Å². The number of carbonyl (C=O) groups excluding carboxylic acids is 3. The van der Waals surface area contributed by atoms with Gasteiger partial charge in [0.2, 0.25) is 0 Å². The van der Waals surface area contributed by atoms with Gasteiger partial charge in [-0.05, 0) is 128 Å². The maximum atomic E-state index is 12.8. The Morgan fingerprint density at radius 3 is 0.880 bits per heavy atom. The fraction of sp³-hybridized carbons (Fsp3) is 0.667. The first-order valence-corrected chi connectivity index (χ1v) is 31.0. The van der Waals surface area contributed by atoms with E-state index in [1.165, 1.54) is 83.5 Å². The summed E-state index contributed by atoms with van der Waals surface area (Å²) in [6, 6.07) is 0. The van der Waals surface area contributed by atoms with Crippen molar-refractivity contribution in [1.82, 2.24) is 0 Å². The third kappa shape index (κ3) is 60.6. The number of hydrogen-bond donors (Lipinski definition) is 0. The van der Waals surface area contributed by atoms with Gasteiger partial charge in [0.1, 0.15) is 13.2 Å². The molecule has 0 rings (SSSR count). The molecule has 0 aliphatic rings. The summed E-state index contributed by atoms with van der Waals surface area (Å²) in [6.45, 7) is 6.44. The predicted molar refractivity (Wildman–Crippen MR) is 325 cm³/mol. The van der Waals surface area contributed by atoms with Crippen LogP contribution in [0.1, 0.15) is 278 Å². The fourth-order valence-corrected chi connectivity index (χ4v) is 8.28. The van der Waals surface area contributed by atoms with Crippen molar-refractivity contribution in [1.29, 1.82) is 0 Å². The molecule has 0 bridgehead atoms. The molecule has 0 aliphatic heterocycles. The monoisotopic (exact) mass is 1040 g/mol. The van der Waals surface area contributed by atoms with Crippen LogP contribution in [0, 0.1) is 0 Å². The molecule has 0 saturated carbocycles. The van der Waals surface area contributed by atoms with Crippen molar-refractivity contribution in [3.8, 4) is 0 Å². The van der Waals surface area contributed by atoms with Crippen molar-refractivity contribution in [3.63, 3.8) is 0 Å². The van der Waals surface area contributed by atoms with Crippen LogP contribution < -0.4 is 0 Å². The molecular formula is C69H114O6. The molecule has 426 valence electrons. The predicted octanol–water partition coefficient (Wildman–Crippen LogP) is 21.2. The van der Waals surface area contributed by atoms with Gasteiger partial charge in [-0.15, -0.1) is 0 Å². The van der Waals surface area contributed by atoms with E-state index >= 15 is 0 Å². The molecule has 6 heteroatoms. The summed E-state index contributed by atoms with van der Waals surface area (Å²) >= 11 is 0. The Bertz CT molecular complexity index is 1570. The highest BCUT2D eigenvalue weighted by Crippen LogP contribution is 2.14. The molecule has 1 unspecified atom stereocenters. The van der Waals surface area contributed by atoms with Crippen molar-refractivity contribution in [2.24, 2.45) is 0 Å². The lowest BCUT2D eigenvalue weighted by Crippen LogP contribution is -2.30. The van der Waals surface area contributed by atoms with Crippen LogP contribution in [-0.2, 0) is 28.6 Å².